The van der Waals surface area contributed by atoms with E-state index in [0.29, 0.717) is 0 Å². The molecule has 4 heteroatoms. The van der Waals surface area contributed by atoms with Gasteiger partial charge < -0.3 is 0 Å². The number of hydrogen-bond acceptors (Lipinski definition) is 0. The zero-order valence-corrected chi connectivity index (χ0v) is 28.6. The lowest BCUT2D eigenvalue weighted by Gasteiger charge is -2.55. The van der Waals surface area contributed by atoms with E-state index in [2.05, 4.69) is 104 Å². The van der Waals surface area contributed by atoms with Gasteiger partial charge in [0.15, 0.2) is 0 Å². The summed E-state index contributed by atoms with van der Waals surface area (Å²) in [6, 6.07) is 19.6. The Balaban J connectivity index is 1.25. The zero-order valence-electron chi connectivity index (χ0n) is 25.0. The van der Waals surface area contributed by atoms with Gasteiger partial charge in [0.2, 0.25) is 0 Å². The molecular weight excluding hydrogens is 532 g/mol. The molecule has 0 N–H and O–H groups in total. The first-order chi connectivity index (χ1) is 18.2. The molecule has 0 bridgehead atoms. The molecule has 38 heavy (non-hydrogen) atoms. The van der Waals surface area contributed by atoms with Crippen LogP contribution in [0.1, 0.15) is 81.1 Å². The maximum atomic E-state index is 2.68. The predicted molar refractivity (Wildman–Crippen MR) is 180 cm³/mol. The van der Waals surface area contributed by atoms with E-state index in [4.69, 9.17) is 0 Å². The van der Waals surface area contributed by atoms with E-state index in [1.165, 1.54) is 25.7 Å². The van der Waals surface area contributed by atoms with Gasteiger partial charge in [-0.05, 0) is 104 Å². The highest BCUT2D eigenvalue weighted by Gasteiger charge is 2.55. The van der Waals surface area contributed by atoms with E-state index < -0.39 is 0 Å². The fraction of sp³-hybridized carbons (Fsp3) is 0.647. The highest BCUT2D eigenvalue weighted by Crippen LogP contribution is 2.70. The van der Waals surface area contributed by atoms with Gasteiger partial charge in [-0.1, -0.05) is 136 Å². The van der Waals surface area contributed by atoms with Crippen molar-refractivity contribution in [3.63, 3.8) is 0 Å². The standard InChI is InChI=1S/C34H50P4/c1-21-17-18-22(2)35(21)30-13-9-11-15-32(30)37-25(5)20-29(26(37)6)34-27(7)38(28(34)8)33-16-12-10-14-31(33)36-23(3)19-24(36)4/h9-16,21-29,34H,17-20H2,1-8H3/t21-,22-,23-,24-,25-,26-,27-,28-,29?,34?,37?,38?/m0/s1. The second-order valence-corrected chi connectivity index (χ2v) is 25.4. The molecular formula is C34H50P4. The average Bonchev–Trinajstić information content (AvgIpc) is 3.36. The highest BCUT2D eigenvalue weighted by atomic mass is 31.1. The Labute approximate surface area is 238 Å². The Bertz CT molecular complexity index is 1120. The Morgan fingerprint density at radius 2 is 0.842 bits per heavy atom. The van der Waals surface area contributed by atoms with Crippen molar-refractivity contribution >= 4 is 52.9 Å². The van der Waals surface area contributed by atoms with E-state index in [0.717, 1.165) is 57.1 Å². The van der Waals surface area contributed by atoms with E-state index >= 15 is 0 Å². The summed E-state index contributed by atoms with van der Waals surface area (Å²) in [5.74, 6) is 1.84. The van der Waals surface area contributed by atoms with Crippen LogP contribution < -0.4 is 21.2 Å². The van der Waals surface area contributed by atoms with Crippen LogP contribution in [0.5, 0.6) is 0 Å². The molecule has 4 saturated heterocycles. The van der Waals surface area contributed by atoms with Gasteiger partial charge in [-0.25, -0.2) is 0 Å². The molecule has 0 radical (unpaired) electrons. The molecule has 206 valence electrons. The summed E-state index contributed by atoms with van der Waals surface area (Å²) >= 11 is 0. The Kier molecular flexibility index (Phi) is 8.26. The summed E-state index contributed by atoms with van der Waals surface area (Å²) < 4.78 is 0. The maximum Gasteiger partial charge on any atom is -0.0157 e. The summed E-state index contributed by atoms with van der Waals surface area (Å²) in [6.07, 6.45) is 5.78. The van der Waals surface area contributed by atoms with Crippen molar-refractivity contribution < 1.29 is 0 Å². The van der Waals surface area contributed by atoms with Crippen molar-refractivity contribution in [1.82, 2.24) is 0 Å². The maximum absolute atomic E-state index is 2.68. The molecule has 10 atom stereocenters. The third-order valence-electron chi connectivity index (χ3n) is 11.1. The van der Waals surface area contributed by atoms with E-state index in [1.807, 2.05) is 15.9 Å². The predicted octanol–water partition coefficient (Wildman–Crippen LogP) is 8.77. The van der Waals surface area contributed by atoms with Crippen molar-refractivity contribution in [2.24, 2.45) is 11.8 Å². The molecule has 0 amide bonds. The Morgan fingerprint density at radius 1 is 0.447 bits per heavy atom. The lowest BCUT2D eigenvalue weighted by atomic mass is 9.81. The molecule has 0 saturated carbocycles. The average molecular weight is 583 g/mol. The van der Waals surface area contributed by atoms with Gasteiger partial charge in [-0.3, -0.25) is 0 Å². The van der Waals surface area contributed by atoms with Crippen molar-refractivity contribution in [1.29, 1.82) is 0 Å². The van der Waals surface area contributed by atoms with Crippen LogP contribution in [0.4, 0.5) is 0 Å². The SMILES string of the molecule is C[C@H]1CC[C@H](C)P1c1ccccc1P1[C@@H](C)CC(C2[C@H](C)P(c3ccccc3P3[C@@H](C)C[C@@H]3C)[C@H]2C)[C@@H]1C. The number of benzene rings is 2. The fourth-order valence-electron chi connectivity index (χ4n) is 9.41. The molecule has 0 spiro atoms. The minimum atomic E-state index is -0.0833. The monoisotopic (exact) mass is 582 g/mol. The molecule has 4 heterocycles. The first kappa shape index (κ1) is 28.3. The van der Waals surface area contributed by atoms with Crippen LogP contribution in [0.3, 0.4) is 0 Å². The van der Waals surface area contributed by atoms with Crippen LogP contribution in [-0.4, -0.2) is 45.3 Å². The molecule has 6 rings (SSSR count). The highest BCUT2D eigenvalue weighted by molar-refractivity contribution is 7.75. The summed E-state index contributed by atoms with van der Waals surface area (Å²) in [5, 5.41) is 7.23. The second kappa shape index (κ2) is 11.1. The van der Waals surface area contributed by atoms with Crippen LogP contribution in [0, 0.1) is 11.8 Å². The topological polar surface area (TPSA) is 0 Å². The molecule has 0 aliphatic carbocycles. The summed E-state index contributed by atoms with van der Waals surface area (Å²) in [7, 11) is -0.0738. The summed E-state index contributed by atoms with van der Waals surface area (Å²) in [4.78, 5) is 0. The summed E-state index contributed by atoms with van der Waals surface area (Å²) in [6.45, 7) is 20.8. The molecule has 0 aromatic heterocycles. The number of rotatable bonds is 5. The molecule has 4 fully saturated rings. The van der Waals surface area contributed by atoms with E-state index in [9.17, 15) is 0 Å². The van der Waals surface area contributed by atoms with Crippen LogP contribution in [0.15, 0.2) is 48.5 Å². The van der Waals surface area contributed by atoms with Gasteiger partial charge >= 0.3 is 0 Å². The van der Waals surface area contributed by atoms with Crippen LogP contribution >= 0.6 is 31.7 Å². The number of hydrogen-bond donors (Lipinski definition) is 0. The van der Waals surface area contributed by atoms with Crippen LogP contribution in [0.25, 0.3) is 0 Å². The Morgan fingerprint density at radius 3 is 1.32 bits per heavy atom. The fourth-order valence-corrected chi connectivity index (χ4v) is 24.3. The van der Waals surface area contributed by atoms with Gasteiger partial charge in [-0.2, -0.15) is 0 Å². The van der Waals surface area contributed by atoms with Crippen molar-refractivity contribution in [2.75, 3.05) is 0 Å². The second-order valence-electron chi connectivity index (χ2n) is 13.4. The zero-order chi connectivity index (χ0) is 26.9. The normalized spacial score (nSPS) is 43.7. The smallest absolute Gasteiger partial charge is 0.0157 e. The molecule has 2 unspecified atom stereocenters. The van der Waals surface area contributed by atoms with E-state index in [1.54, 1.807) is 5.30 Å². The van der Waals surface area contributed by atoms with Crippen LogP contribution in [-0.2, 0) is 0 Å². The van der Waals surface area contributed by atoms with Gasteiger partial charge in [0, 0.05) is 0 Å². The molecule has 0 nitrogen and oxygen atoms in total. The third kappa shape index (κ3) is 4.55. The minimum Gasteiger partial charge on any atom is -0.0688 e. The van der Waals surface area contributed by atoms with E-state index in [-0.39, 0.29) is 31.7 Å². The van der Waals surface area contributed by atoms with Crippen molar-refractivity contribution in [2.45, 2.75) is 126 Å². The molecule has 4 aliphatic rings. The lowest BCUT2D eigenvalue weighted by Crippen LogP contribution is -2.51. The first-order valence-electron chi connectivity index (χ1n) is 15.5. The largest absolute Gasteiger partial charge is 0.0688 e. The van der Waals surface area contributed by atoms with Crippen LogP contribution in [0.2, 0.25) is 0 Å². The third-order valence-corrected chi connectivity index (χ3v) is 24.8. The minimum absolute atomic E-state index is 0.00459. The molecule has 4 aliphatic heterocycles. The van der Waals surface area contributed by atoms with Gasteiger partial charge in [0.1, 0.15) is 0 Å². The summed E-state index contributed by atoms with van der Waals surface area (Å²) in [5.41, 5.74) is 7.14. The quantitative estimate of drug-likeness (QED) is 0.309. The van der Waals surface area contributed by atoms with Gasteiger partial charge in [0.05, 0.1) is 0 Å². The Hall–Kier alpha value is 0.160. The van der Waals surface area contributed by atoms with Gasteiger partial charge in [0.25, 0.3) is 0 Å². The van der Waals surface area contributed by atoms with Gasteiger partial charge in [-0.15, -0.1) is 0 Å². The van der Waals surface area contributed by atoms with Crippen molar-refractivity contribution in [3.05, 3.63) is 48.5 Å². The molecule has 2 aromatic carbocycles. The first-order valence-corrected chi connectivity index (χ1v) is 21.4. The lowest BCUT2D eigenvalue weighted by molar-refractivity contribution is 0.289. The molecule has 2 aromatic rings. The van der Waals surface area contributed by atoms with Crippen molar-refractivity contribution in [3.8, 4) is 0 Å².